The second kappa shape index (κ2) is 5.89. The highest BCUT2D eigenvalue weighted by Gasteiger charge is 2.23. The third-order valence-electron chi connectivity index (χ3n) is 1.66. The Hall–Kier alpha value is 0.200. The average Bonchev–Trinajstić information content (AvgIpc) is 2.56. The average molecular weight is 371 g/mol. The molecule has 0 fully saturated rings. The number of nitrogens with one attached hydrogen (secondary N) is 1. The zero-order valence-electron chi connectivity index (χ0n) is 8.03. The summed E-state index contributed by atoms with van der Waals surface area (Å²) in [4.78, 5) is 0. The molecular formula is C7H7BrClF2NO3S2. The van der Waals surface area contributed by atoms with Gasteiger partial charge in [-0.05, 0) is 22.0 Å². The van der Waals surface area contributed by atoms with E-state index in [2.05, 4.69) is 15.9 Å². The van der Waals surface area contributed by atoms with Crippen molar-refractivity contribution in [3.8, 4) is 0 Å². The second-order valence-corrected chi connectivity index (χ2v) is 7.71. The summed E-state index contributed by atoms with van der Waals surface area (Å²) in [5.74, 6) is 0. The molecule has 1 aromatic heterocycles. The fraction of sp³-hybridized carbons (Fsp3) is 0.429. The van der Waals surface area contributed by atoms with E-state index in [9.17, 15) is 17.2 Å². The minimum Gasteiger partial charge on any atom is -0.386 e. The van der Waals surface area contributed by atoms with Crippen LogP contribution in [0, 0.1) is 0 Å². The van der Waals surface area contributed by atoms with Crippen molar-refractivity contribution in [2.45, 2.75) is 16.7 Å². The van der Waals surface area contributed by atoms with E-state index in [-0.39, 0.29) is 9.23 Å². The van der Waals surface area contributed by atoms with Gasteiger partial charge in [0.05, 0.1) is 8.81 Å². The van der Waals surface area contributed by atoms with Crippen LogP contribution in [0.5, 0.6) is 0 Å². The number of alkyl halides is 2. The van der Waals surface area contributed by atoms with Crippen molar-refractivity contribution in [1.29, 1.82) is 0 Å². The maximum Gasteiger partial charge on any atom is 0.265 e. The molecule has 1 unspecified atom stereocenters. The number of rotatable bonds is 5. The first-order valence-corrected chi connectivity index (χ1v) is 7.62. The Balaban J connectivity index is 2.76. The monoisotopic (exact) mass is 369 g/mol. The van der Waals surface area contributed by atoms with Gasteiger partial charge in [-0.1, -0.05) is 11.6 Å². The molecule has 0 amide bonds. The first-order valence-electron chi connectivity index (χ1n) is 4.14. The molecule has 1 atom stereocenters. The first kappa shape index (κ1) is 15.3. The van der Waals surface area contributed by atoms with Crippen molar-refractivity contribution in [1.82, 2.24) is 4.72 Å². The summed E-state index contributed by atoms with van der Waals surface area (Å²) < 4.78 is 49.3. The fourth-order valence-corrected chi connectivity index (χ4v) is 4.31. The third kappa shape index (κ3) is 4.11. The van der Waals surface area contributed by atoms with E-state index in [4.69, 9.17) is 16.7 Å². The molecule has 0 saturated carbocycles. The van der Waals surface area contributed by atoms with Gasteiger partial charge in [0, 0.05) is 6.54 Å². The Labute approximate surface area is 114 Å². The van der Waals surface area contributed by atoms with Crippen molar-refractivity contribution in [2.75, 3.05) is 6.54 Å². The lowest BCUT2D eigenvalue weighted by Crippen LogP contribution is -2.35. The smallest absolute Gasteiger partial charge is 0.265 e. The maximum atomic E-state index is 12.0. The predicted molar refractivity (Wildman–Crippen MR) is 64.2 cm³/mol. The Morgan fingerprint density at radius 1 is 1.59 bits per heavy atom. The van der Waals surface area contributed by atoms with E-state index in [0.29, 0.717) is 3.79 Å². The van der Waals surface area contributed by atoms with Gasteiger partial charge in [0.15, 0.2) is 0 Å². The Bertz CT molecular complexity index is 474. The molecule has 2 N–H and O–H groups in total. The number of thiophene rings is 1. The molecule has 0 saturated heterocycles. The van der Waals surface area contributed by atoms with Gasteiger partial charge in [0.25, 0.3) is 6.43 Å². The van der Waals surface area contributed by atoms with Crippen LogP contribution in [-0.4, -0.2) is 32.6 Å². The van der Waals surface area contributed by atoms with Crippen LogP contribution < -0.4 is 4.72 Å². The van der Waals surface area contributed by atoms with Gasteiger partial charge in [0.1, 0.15) is 10.3 Å². The van der Waals surface area contributed by atoms with Gasteiger partial charge in [0.2, 0.25) is 10.0 Å². The molecule has 0 bridgehead atoms. The molecule has 98 valence electrons. The summed E-state index contributed by atoms with van der Waals surface area (Å²) in [5, 5.41) is 9.00. The largest absolute Gasteiger partial charge is 0.386 e. The SMILES string of the molecule is O=S(=O)(NCC(O)C(F)F)c1cc(Cl)c(Br)s1. The topological polar surface area (TPSA) is 66.4 Å². The minimum atomic E-state index is -3.93. The van der Waals surface area contributed by atoms with Crippen LogP contribution >= 0.6 is 38.9 Å². The summed E-state index contributed by atoms with van der Waals surface area (Å²) in [7, 11) is -3.93. The van der Waals surface area contributed by atoms with Crippen LogP contribution in [0.1, 0.15) is 0 Å². The molecule has 1 rings (SSSR count). The van der Waals surface area contributed by atoms with Crippen molar-refractivity contribution >= 4 is 48.9 Å². The standard InChI is InChI=1S/C7H7BrClF2NO3S2/c8-6-3(9)1-5(16-6)17(14,15)12-2-4(13)7(10)11/h1,4,7,12-13H,2H2. The Morgan fingerprint density at radius 3 is 2.59 bits per heavy atom. The lowest BCUT2D eigenvalue weighted by molar-refractivity contribution is -0.000445. The molecule has 0 radical (unpaired) electrons. The Morgan fingerprint density at radius 2 is 2.18 bits per heavy atom. The number of sulfonamides is 1. The molecule has 10 heteroatoms. The Kier molecular flexibility index (Phi) is 5.29. The quantitative estimate of drug-likeness (QED) is 0.834. The highest BCUT2D eigenvalue weighted by molar-refractivity contribution is 9.11. The van der Waals surface area contributed by atoms with E-state index >= 15 is 0 Å². The number of hydrogen-bond acceptors (Lipinski definition) is 4. The number of hydrogen-bond donors (Lipinski definition) is 2. The van der Waals surface area contributed by atoms with Gasteiger partial charge in [-0.3, -0.25) is 0 Å². The molecule has 0 spiro atoms. The lowest BCUT2D eigenvalue weighted by Gasteiger charge is -2.09. The van der Waals surface area contributed by atoms with Crippen molar-refractivity contribution in [3.05, 3.63) is 14.9 Å². The molecule has 0 aliphatic carbocycles. The van der Waals surface area contributed by atoms with Crippen LogP contribution in [0.3, 0.4) is 0 Å². The van der Waals surface area contributed by atoms with Gasteiger partial charge in [-0.2, -0.15) is 0 Å². The third-order valence-corrected chi connectivity index (χ3v) is 6.03. The maximum absolute atomic E-state index is 12.0. The van der Waals surface area contributed by atoms with Crippen LogP contribution in [0.25, 0.3) is 0 Å². The van der Waals surface area contributed by atoms with Crippen molar-refractivity contribution < 1.29 is 22.3 Å². The summed E-state index contributed by atoms with van der Waals surface area (Å²) in [6, 6.07) is 1.19. The van der Waals surface area contributed by atoms with E-state index in [1.807, 2.05) is 4.72 Å². The van der Waals surface area contributed by atoms with Crippen molar-refractivity contribution in [2.24, 2.45) is 0 Å². The van der Waals surface area contributed by atoms with Gasteiger partial charge < -0.3 is 5.11 Å². The van der Waals surface area contributed by atoms with Gasteiger partial charge >= 0.3 is 0 Å². The minimum absolute atomic E-state index is 0.115. The summed E-state index contributed by atoms with van der Waals surface area (Å²) in [5.41, 5.74) is 0. The number of aliphatic hydroxyl groups is 1. The van der Waals surface area contributed by atoms with Gasteiger partial charge in [-0.25, -0.2) is 21.9 Å². The number of aliphatic hydroxyl groups excluding tert-OH is 1. The van der Waals surface area contributed by atoms with Gasteiger partial charge in [-0.15, -0.1) is 11.3 Å². The van der Waals surface area contributed by atoms with E-state index in [1.165, 1.54) is 6.07 Å². The molecule has 0 aromatic carbocycles. The number of halogens is 4. The van der Waals surface area contributed by atoms with Crippen LogP contribution in [-0.2, 0) is 10.0 Å². The van der Waals surface area contributed by atoms with Crippen LogP contribution in [0.2, 0.25) is 5.02 Å². The summed E-state index contributed by atoms with van der Waals surface area (Å²) >= 11 is 9.53. The normalized spacial score (nSPS) is 14.2. The zero-order chi connectivity index (χ0) is 13.2. The molecule has 1 aromatic rings. The predicted octanol–water partition coefficient (Wildman–Crippen LogP) is 2.07. The first-order chi connectivity index (χ1) is 7.74. The lowest BCUT2D eigenvalue weighted by atomic mass is 10.4. The second-order valence-electron chi connectivity index (χ2n) is 2.94. The molecule has 4 nitrogen and oxygen atoms in total. The van der Waals surface area contributed by atoms with E-state index < -0.39 is 29.1 Å². The molecular weight excluding hydrogens is 364 g/mol. The molecule has 1 heterocycles. The van der Waals surface area contributed by atoms with Crippen LogP contribution in [0.15, 0.2) is 14.1 Å². The molecule has 0 aliphatic rings. The van der Waals surface area contributed by atoms with E-state index in [1.54, 1.807) is 0 Å². The fourth-order valence-electron chi connectivity index (χ4n) is 0.814. The van der Waals surface area contributed by atoms with Crippen molar-refractivity contribution in [3.63, 3.8) is 0 Å². The highest BCUT2D eigenvalue weighted by Crippen LogP contribution is 2.34. The zero-order valence-corrected chi connectivity index (χ0v) is 12.0. The van der Waals surface area contributed by atoms with E-state index in [0.717, 1.165) is 11.3 Å². The molecule has 17 heavy (non-hydrogen) atoms. The summed E-state index contributed by atoms with van der Waals surface area (Å²) in [6.07, 6.45) is -5.04. The van der Waals surface area contributed by atoms with Crippen LogP contribution in [0.4, 0.5) is 8.78 Å². The molecule has 0 aliphatic heterocycles. The highest BCUT2D eigenvalue weighted by atomic mass is 79.9. The summed E-state index contributed by atoms with van der Waals surface area (Å²) in [6.45, 7) is -0.757.